The van der Waals surface area contributed by atoms with Crippen LogP contribution in [0.4, 0.5) is 0 Å². The zero-order chi connectivity index (χ0) is 65.4. The number of aliphatic hydroxyl groups is 1. The summed E-state index contributed by atoms with van der Waals surface area (Å²) in [5.74, 6) is 0.867. The van der Waals surface area contributed by atoms with E-state index >= 15 is 0 Å². The molecule has 19 heteroatoms. The lowest BCUT2D eigenvalue weighted by Gasteiger charge is -2.21. The van der Waals surface area contributed by atoms with Crippen LogP contribution in [-0.4, -0.2) is 96.7 Å². The minimum Gasteiger partial charge on any atom is -0.462 e. The van der Waals surface area contributed by atoms with Gasteiger partial charge >= 0.3 is 39.5 Å². The van der Waals surface area contributed by atoms with Crippen LogP contribution in [0.3, 0.4) is 0 Å². The van der Waals surface area contributed by atoms with E-state index in [4.69, 9.17) is 37.0 Å². The molecule has 4 unspecified atom stereocenters. The van der Waals surface area contributed by atoms with Crippen LogP contribution in [0.1, 0.15) is 338 Å². The fourth-order valence-electron chi connectivity index (χ4n) is 10.2. The van der Waals surface area contributed by atoms with E-state index in [9.17, 15) is 43.2 Å². The largest absolute Gasteiger partial charge is 0.472 e. The van der Waals surface area contributed by atoms with Crippen molar-refractivity contribution < 1.29 is 80.2 Å². The maximum Gasteiger partial charge on any atom is 0.472 e. The molecule has 3 N–H and O–H groups in total. The Kier molecular flexibility index (Phi) is 57.6. The van der Waals surface area contributed by atoms with Crippen molar-refractivity contribution >= 4 is 39.5 Å². The molecule has 0 saturated heterocycles. The lowest BCUT2D eigenvalue weighted by Crippen LogP contribution is -2.30. The zero-order valence-electron chi connectivity index (χ0n) is 57.3. The van der Waals surface area contributed by atoms with E-state index in [-0.39, 0.29) is 25.7 Å². The van der Waals surface area contributed by atoms with Crippen molar-refractivity contribution in [1.82, 2.24) is 0 Å². The molecule has 0 saturated carbocycles. The second-order valence-electron chi connectivity index (χ2n) is 26.4. The Labute approximate surface area is 537 Å². The highest BCUT2D eigenvalue weighted by Gasteiger charge is 2.30. The molecular weight excluding hydrogens is 1160 g/mol. The first-order valence-corrected chi connectivity index (χ1v) is 38.8. The molecule has 0 aromatic rings. The van der Waals surface area contributed by atoms with Gasteiger partial charge in [-0.25, -0.2) is 9.13 Å². The number of phosphoric ester groups is 2. The molecule has 0 fully saturated rings. The third-order valence-electron chi connectivity index (χ3n) is 16.5. The number of ether oxygens (including phenoxy) is 4. The molecule has 0 aromatic carbocycles. The molecule has 0 aliphatic carbocycles. The number of phosphoric acid groups is 2. The number of hydrogen-bond donors (Lipinski definition) is 3. The Bertz CT molecular complexity index is 1750. The summed E-state index contributed by atoms with van der Waals surface area (Å²) in [6, 6.07) is 0. The number of rotatable bonds is 66. The molecule has 0 bridgehead atoms. The number of aliphatic hydroxyl groups excluding tert-OH is 1. The second kappa shape index (κ2) is 58.8. The average Bonchev–Trinajstić information content (AvgIpc) is 3.57. The predicted molar refractivity (Wildman–Crippen MR) is 354 cm³/mol. The minimum atomic E-state index is -4.95. The van der Waals surface area contributed by atoms with Gasteiger partial charge in [-0.05, 0) is 49.4 Å². The topological polar surface area (TPSA) is 237 Å². The monoisotopic (exact) mass is 1300 g/mol. The smallest absolute Gasteiger partial charge is 0.462 e. The Morgan fingerprint density at radius 3 is 0.807 bits per heavy atom. The molecule has 0 spiro atoms. The molecule has 0 heterocycles. The van der Waals surface area contributed by atoms with Gasteiger partial charge in [-0.3, -0.25) is 37.3 Å². The Balaban J connectivity index is 5.26. The molecule has 17 nitrogen and oxygen atoms in total. The van der Waals surface area contributed by atoms with E-state index in [1.54, 1.807) is 0 Å². The fourth-order valence-corrected chi connectivity index (χ4v) is 11.8. The highest BCUT2D eigenvalue weighted by molar-refractivity contribution is 7.47. The molecule has 0 aliphatic rings. The molecule has 88 heavy (non-hydrogen) atoms. The van der Waals surface area contributed by atoms with Gasteiger partial charge in [0.15, 0.2) is 12.2 Å². The van der Waals surface area contributed by atoms with Crippen LogP contribution in [0.5, 0.6) is 0 Å². The van der Waals surface area contributed by atoms with Crippen LogP contribution >= 0.6 is 15.6 Å². The average molecular weight is 1300 g/mol. The van der Waals surface area contributed by atoms with Gasteiger partial charge < -0.3 is 33.8 Å². The van der Waals surface area contributed by atoms with E-state index in [1.165, 1.54) is 135 Å². The summed E-state index contributed by atoms with van der Waals surface area (Å²) in [4.78, 5) is 72.5. The van der Waals surface area contributed by atoms with Crippen LogP contribution in [0.25, 0.3) is 0 Å². The van der Waals surface area contributed by atoms with E-state index in [1.807, 2.05) is 0 Å². The first kappa shape index (κ1) is 86.1. The molecule has 0 aliphatic heterocycles. The summed E-state index contributed by atoms with van der Waals surface area (Å²) in [5, 5.41) is 10.6. The molecule has 0 radical (unpaired) electrons. The third kappa shape index (κ3) is 60.3. The van der Waals surface area contributed by atoms with Crippen LogP contribution in [0.15, 0.2) is 0 Å². The quantitative estimate of drug-likeness (QED) is 0.0222. The van der Waals surface area contributed by atoms with Crippen LogP contribution in [-0.2, 0) is 65.4 Å². The van der Waals surface area contributed by atoms with Crippen LogP contribution in [0, 0.1) is 23.7 Å². The van der Waals surface area contributed by atoms with Gasteiger partial charge in [-0.15, -0.1) is 0 Å². The molecule has 0 rings (SSSR count). The molecular formula is C69H134O17P2. The van der Waals surface area contributed by atoms with Gasteiger partial charge in [0.05, 0.1) is 26.4 Å². The number of unbranched alkanes of at least 4 members (excludes halogenated alkanes) is 30. The molecule has 7 atom stereocenters. The summed E-state index contributed by atoms with van der Waals surface area (Å²) >= 11 is 0. The summed E-state index contributed by atoms with van der Waals surface area (Å²) < 4.78 is 68.2. The molecule has 522 valence electrons. The van der Waals surface area contributed by atoms with E-state index in [0.717, 1.165) is 114 Å². The van der Waals surface area contributed by atoms with Crippen molar-refractivity contribution in [3.05, 3.63) is 0 Å². The van der Waals surface area contributed by atoms with Crippen molar-refractivity contribution in [3.8, 4) is 0 Å². The summed E-state index contributed by atoms with van der Waals surface area (Å²) in [7, 11) is -9.90. The summed E-state index contributed by atoms with van der Waals surface area (Å²) in [6.07, 6.45) is 40.3. The van der Waals surface area contributed by atoms with Crippen molar-refractivity contribution in [3.63, 3.8) is 0 Å². The van der Waals surface area contributed by atoms with Crippen LogP contribution in [0.2, 0.25) is 0 Å². The molecule has 0 amide bonds. The van der Waals surface area contributed by atoms with Crippen molar-refractivity contribution in [2.75, 3.05) is 39.6 Å². The van der Waals surface area contributed by atoms with E-state index in [0.29, 0.717) is 31.6 Å². The van der Waals surface area contributed by atoms with Gasteiger partial charge in [0.25, 0.3) is 0 Å². The lowest BCUT2D eigenvalue weighted by molar-refractivity contribution is -0.161. The first-order valence-electron chi connectivity index (χ1n) is 35.8. The SMILES string of the molecule is CCC(C)CCCCCCCCCCCCC(=O)O[C@H](COC(=O)CCCCCCCCCCCCCC(C)C)COP(=O)(O)OC[C@@H](O)COP(=O)(O)OC[C@@H](COC(=O)CCCCCCCCC(C)CC)OC(=O)CCCCCCCCCC(C)C. The van der Waals surface area contributed by atoms with Crippen LogP contribution < -0.4 is 0 Å². The highest BCUT2D eigenvalue weighted by atomic mass is 31.2. The van der Waals surface area contributed by atoms with E-state index < -0.39 is 97.5 Å². The molecule has 0 aromatic heterocycles. The Morgan fingerprint density at radius 2 is 0.545 bits per heavy atom. The van der Waals surface area contributed by atoms with Crippen molar-refractivity contribution in [2.45, 2.75) is 356 Å². The Morgan fingerprint density at radius 1 is 0.318 bits per heavy atom. The normalized spacial score (nSPS) is 14.9. The maximum absolute atomic E-state index is 13.0. The predicted octanol–water partition coefficient (Wildman–Crippen LogP) is 19.3. The summed E-state index contributed by atoms with van der Waals surface area (Å²) in [5.41, 5.74) is 0. The van der Waals surface area contributed by atoms with Gasteiger partial charge in [-0.2, -0.15) is 0 Å². The first-order chi connectivity index (χ1) is 42.2. The van der Waals surface area contributed by atoms with Gasteiger partial charge in [0, 0.05) is 25.7 Å². The van der Waals surface area contributed by atoms with Crippen molar-refractivity contribution in [1.29, 1.82) is 0 Å². The van der Waals surface area contributed by atoms with Gasteiger partial charge in [-0.1, -0.05) is 287 Å². The summed E-state index contributed by atoms with van der Waals surface area (Å²) in [6.45, 7) is 14.1. The van der Waals surface area contributed by atoms with Gasteiger partial charge in [0.1, 0.15) is 19.3 Å². The van der Waals surface area contributed by atoms with Crippen molar-refractivity contribution in [2.24, 2.45) is 23.7 Å². The third-order valence-corrected chi connectivity index (χ3v) is 18.4. The second-order valence-corrected chi connectivity index (χ2v) is 29.3. The zero-order valence-corrected chi connectivity index (χ0v) is 59.1. The fraction of sp³-hybridized carbons (Fsp3) is 0.942. The Hall–Kier alpha value is -1.94. The number of esters is 4. The highest BCUT2D eigenvalue weighted by Crippen LogP contribution is 2.45. The standard InChI is InChI=1S/C69H134O17P2/c1-9-61(7)47-39-31-23-17-14-15-19-25-35-43-51-68(73)85-64(55-79-66(71)49-41-33-24-18-13-11-12-16-21-29-37-45-59(3)4)57-83-87(75,76)81-53-63(70)54-82-88(77,78)84-58-65(86-69(74)52-44-36-26-20-22-30-38-46-60(5)6)56-80-67(72)50-42-34-28-27-32-40-48-62(8)10-2/h59-65,70H,9-58H2,1-8H3,(H,75,76)(H,77,78)/t61?,62?,63-,64-,65-/m1/s1. The number of carbonyl (C=O) groups is 4. The maximum atomic E-state index is 13.0. The number of carbonyl (C=O) groups excluding carboxylic acids is 4. The van der Waals surface area contributed by atoms with Gasteiger partial charge in [0.2, 0.25) is 0 Å². The number of hydrogen-bond acceptors (Lipinski definition) is 15. The minimum absolute atomic E-state index is 0.102. The van der Waals surface area contributed by atoms with E-state index in [2.05, 4.69) is 55.4 Å². The lowest BCUT2D eigenvalue weighted by atomic mass is 9.99.